The highest BCUT2D eigenvalue weighted by Gasteiger charge is 2.28. The predicted molar refractivity (Wildman–Crippen MR) is 107 cm³/mol. The molecular formula is C21H29N5O3. The van der Waals surface area contributed by atoms with E-state index in [2.05, 4.69) is 22.0 Å². The fourth-order valence-corrected chi connectivity index (χ4v) is 4.06. The number of piperidine rings is 1. The second kappa shape index (κ2) is 9.00. The largest absolute Gasteiger partial charge is 0.378 e. The Bertz CT molecular complexity index is 839. The van der Waals surface area contributed by atoms with Gasteiger partial charge in [0, 0.05) is 37.7 Å². The third-order valence-corrected chi connectivity index (χ3v) is 5.77. The minimum Gasteiger partial charge on any atom is -0.378 e. The van der Waals surface area contributed by atoms with Gasteiger partial charge in [0.15, 0.2) is 5.76 Å². The highest BCUT2D eigenvalue weighted by Crippen LogP contribution is 2.34. The van der Waals surface area contributed by atoms with Crippen LogP contribution in [0.1, 0.15) is 42.9 Å². The van der Waals surface area contributed by atoms with Crippen molar-refractivity contribution >= 4 is 5.91 Å². The zero-order valence-electron chi connectivity index (χ0n) is 17.3. The van der Waals surface area contributed by atoms with E-state index >= 15 is 0 Å². The summed E-state index contributed by atoms with van der Waals surface area (Å²) < 4.78 is 10.8. The van der Waals surface area contributed by atoms with Crippen molar-refractivity contribution in [3.05, 3.63) is 29.5 Å². The third kappa shape index (κ3) is 4.64. The molecule has 4 heterocycles. The van der Waals surface area contributed by atoms with Gasteiger partial charge < -0.3 is 14.2 Å². The fourth-order valence-electron chi connectivity index (χ4n) is 4.06. The van der Waals surface area contributed by atoms with E-state index in [1.807, 2.05) is 24.1 Å². The van der Waals surface area contributed by atoms with E-state index in [4.69, 9.17) is 14.2 Å². The number of hydrogen-bond donors (Lipinski definition) is 0. The molecule has 8 heteroatoms. The highest BCUT2D eigenvalue weighted by atomic mass is 16.5. The molecular weight excluding hydrogens is 370 g/mol. The Morgan fingerprint density at radius 1 is 1.21 bits per heavy atom. The van der Waals surface area contributed by atoms with E-state index in [1.54, 1.807) is 0 Å². The van der Waals surface area contributed by atoms with E-state index in [9.17, 15) is 4.79 Å². The zero-order chi connectivity index (χ0) is 20.2. The van der Waals surface area contributed by atoms with Crippen molar-refractivity contribution in [3.8, 4) is 11.3 Å². The lowest BCUT2D eigenvalue weighted by atomic mass is 9.90. The Morgan fingerprint density at radius 2 is 1.97 bits per heavy atom. The molecule has 2 aliphatic heterocycles. The maximum absolute atomic E-state index is 12.5. The summed E-state index contributed by atoms with van der Waals surface area (Å²) in [5.74, 6) is 2.12. The molecule has 2 saturated heterocycles. The number of aromatic nitrogens is 3. The zero-order valence-corrected chi connectivity index (χ0v) is 17.3. The molecule has 2 aliphatic rings. The topological polar surface area (TPSA) is 84.6 Å². The average molecular weight is 399 g/mol. The summed E-state index contributed by atoms with van der Waals surface area (Å²) in [6, 6.07) is 1.93. The van der Waals surface area contributed by atoms with E-state index in [-0.39, 0.29) is 5.91 Å². The molecule has 29 heavy (non-hydrogen) atoms. The molecule has 0 spiro atoms. The van der Waals surface area contributed by atoms with Crippen LogP contribution in [0, 0.1) is 6.92 Å². The molecule has 0 unspecified atom stereocenters. The first kappa shape index (κ1) is 20.0. The van der Waals surface area contributed by atoms with Crippen molar-refractivity contribution in [2.24, 2.45) is 0 Å². The maximum Gasteiger partial charge on any atom is 0.236 e. The van der Waals surface area contributed by atoms with Gasteiger partial charge in [-0.25, -0.2) is 9.97 Å². The number of morpholine rings is 1. The Hall–Kier alpha value is -2.32. The first-order valence-corrected chi connectivity index (χ1v) is 10.5. The van der Waals surface area contributed by atoms with Gasteiger partial charge >= 0.3 is 0 Å². The molecule has 0 N–H and O–H groups in total. The normalized spacial score (nSPS) is 18.9. The van der Waals surface area contributed by atoms with Gasteiger partial charge in [0.05, 0.1) is 36.7 Å². The van der Waals surface area contributed by atoms with Crippen molar-refractivity contribution in [2.45, 2.75) is 39.0 Å². The van der Waals surface area contributed by atoms with Crippen molar-refractivity contribution in [1.29, 1.82) is 0 Å². The monoisotopic (exact) mass is 399 g/mol. The Morgan fingerprint density at radius 3 is 2.62 bits per heavy atom. The van der Waals surface area contributed by atoms with Gasteiger partial charge in [-0.05, 0) is 32.9 Å². The van der Waals surface area contributed by atoms with E-state index in [0.717, 1.165) is 60.9 Å². The van der Waals surface area contributed by atoms with Gasteiger partial charge in [-0.3, -0.25) is 9.69 Å². The summed E-state index contributed by atoms with van der Waals surface area (Å²) in [7, 11) is 0. The van der Waals surface area contributed by atoms with Gasteiger partial charge in [0.1, 0.15) is 5.82 Å². The van der Waals surface area contributed by atoms with Crippen LogP contribution in [0.3, 0.4) is 0 Å². The molecule has 8 nitrogen and oxygen atoms in total. The first-order valence-electron chi connectivity index (χ1n) is 10.5. The molecule has 0 saturated carbocycles. The summed E-state index contributed by atoms with van der Waals surface area (Å²) in [6.45, 7) is 8.95. The quantitative estimate of drug-likeness (QED) is 0.761. The van der Waals surface area contributed by atoms with E-state index in [1.165, 1.54) is 0 Å². The smallest absolute Gasteiger partial charge is 0.236 e. The number of carbonyl (C=O) groups excluding carboxylic acids is 1. The molecule has 0 radical (unpaired) electrons. The van der Waals surface area contributed by atoms with Crippen LogP contribution in [0.5, 0.6) is 0 Å². The van der Waals surface area contributed by atoms with Crippen LogP contribution in [0.2, 0.25) is 0 Å². The van der Waals surface area contributed by atoms with Crippen LogP contribution in [-0.4, -0.2) is 76.8 Å². The number of nitrogens with zero attached hydrogens (tertiary/aromatic N) is 5. The van der Waals surface area contributed by atoms with Gasteiger partial charge in [-0.2, -0.15) is 0 Å². The van der Waals surface area contributed by atoms with Crippen LogP contribution in [0.15, 0.2) is 16.8 Å². The molecule has 2 aromatic rings. The van der Waals surface area contributed by atoms with Crippen LogP contribution in [-0.2, 0) is 16.0 Å². The number of hydrogen-bond acceptors (Lipinski definition) is 7. The predicted octanol–water partition coefficient (Wildman–Crippen LogP) is 2.04. The van der Waals surface area contributed by atoms with Gasteiger partial charge in [0.2, 0.25) is 5.91 Å². The number of carbonyl (C=O) groups is 1. The lowest BCUT2D eigenvalue weighted by molar-refractivity contribution is -0.136. The molecule has 0 bridgehead atoms. The molecule has 1 amide bonds. The van der Waals surface area contributed by atoms with Crippen molar-refractivity contribution in [2.75, 3.05) is 45.9 Å². The number of likely N-dealkylation sites (tertiary alicyclic amines) is 1. The number of aryl methyl sites for hydroxylation is 2. The molecule has 2 aromatic heterocycles. The number of ether oxygens (including phenoxy) is 1. The first-order chi connectivity index (χ1) is 14.1. The maximum atomic E-state index is 12.5. The average Bonchev–Trinajstić information content (AvgIpc) is 3.20. The standard InChI is InChI=1S/C21H29N5O3/c1-3-19-22-13-17(18-12-15(2)24-29-18)21(23-19)16-4-6-25(7-5-16)14-20(27)26-8-10-28-11-9-26/h12-13,16H,3-11,14H2,1-2H3. The number of rotatable bonds is 5. The molecule has 4 rings (SSSR count). The summed E-state index contributed by atoms with van der Waals surface area (Å²) in [6.07, 6.45) is 4.61. The lowest BCUT2D eigenvalue weighted by Gasteiger charge is -2.34. The molecule has 0 atom stereocenters. The Balaban J connectivity index is 1.43. The van der Waals surface area contributed by atoms with E-state index < -0.39 is 0 Å². The van der Waals surface area contributed by atoms with Crippen molar-refractivity contribution in [1.82, 2.24) is 24.9 Å². The summed E-state index contributed by atoms with van der Waals surface area (Å²) in [4.78, 5) is 26.0. The number of amides is 1. The summed E-state index contributed by atoms with van der Waals surface area (Å²) in [5, 5.41) is 4.02. The molecule has 156 valence electrons. The van der Waals surface area contributed by atoms with Crippen LogP contribution >= 0.6 is 0 Å². The molecule has 0 aliphatic carbocycles. The van der Waals surface area contributed by atoms with E-state index in [0.29, 0.717) is 38.8 Å². The van der Waals surface area contributed by atoms with Gasteiger partial charge in [0.25, 0.3) is 0 Å². The lowest BCUT2D eigenvalue weighted by Crippen LogP contribution is -2.47. The fraction of sp³-hybridized carbons (Fsp3) is 0.619. The molecule has 2 fully saturated rings. The Kier molecular flexibility index (Phi) is 6.20. The molecule has 0 aromatic carbocycles. The van der Waals surface area contributed by atoms with Crippen LogP contribution in [0.25, 0.3) is 11.3 Å². The minimum absolute atomic E-state index is 0.208. The summed E-state index contributed by atoms with van der Waals surface area (Å²) in [5.41, 5.74) is 2.83. The second-order valence-electron chi connectivity index (χ2n) is 7.81. The third-order valence-electron chi connectivity index (χ3n) is 5.77. The van der Waals surface area contributed by atoms with Crippen LogP contribution in [0.4, 0.5) is 0 Å². The van der Waals surface area contributed by atoms with Gasteiger partial charge in [-0.15, -0.1) is 0 Å². The minimum atomic E-state index is 0.208. The SMILES string of the molecule is CCc1ncc(-c2cc(C)no2)c(C2CCN(CC(=O)N3CCOCC3)CC2)n1. The van der Waals surface area contributed by atoms with Crippen molar-refractivity contribution < 1.29 is 14.1 Å². The highest BCUT2D eigenvalue weighted by molar-refractivity contribution is 5.78. The second-order valence-corrected chi connectivity index (χ2v) is 7.81. The Labute approximate surface area is 171 Å². The summed E-state index contributed by atoms with van der Waals surface area (Å²) >= 11 is 0. The van der Waals surface area contributed by atoms with Crippen molar-refractivity contribution in [3.63, 3.8) is 0 Å². The van der Waals surface area contributed by atoms with Gasteiger partial charge in [-0.1, -0.05) is 12.1 Å². The van der Waals surface area contributed by atoms with Crippen LogP contribution < -0.4 is 0 Å².